The number of nitrogens with zero attached hydrogens (tertiary/aromatic N) is 1. The van der Waals surface area contributed by atoms with Crippen molar-refractivity contribution in [3.05, 3.63) is 35.4 Å². The first-order chi connectivity index (χ1) is 12.2. The Morgan fingerprint density at radius 1 is 1.20 bits per heavy atom. The summed E-state index contributed by atoms with van der Waals surface area (Å²) in [6, 6.07) is 8.23. The van der Waals surface area contributed by atoms with Crippen molar-refractivity contribution in [2.45, 2.75) is 50.5 Å². The molecule has 134 valence electrons. The highest BCUT2D eigenvalue weighted by atomic mass is 32.2. The van der Waals surface area contributed by atoms with E-state index in [1.54, 1.807) is 11.8 Å². The van der Waals surface area contributed by atoms with Gasteiger partial charge in [0.2, 0.25) is 11.8 Å². The number of thioether (sulfide) groups is 1. The summed E-state index contributed by atoms with van der Waals surface area (Å²) in [5.41, 5.74) is 2.73. The summed E-state index contributed by atoms with van der Waals surface area (Å²) < 4.78 is 0. The fourth-order valence-electron chi connectivity index (χ4n) is 3.98. The van der Waals surface area contributed by atoms with E-state index in [4.69, 9.17) is 0 Å². The summed E-state index contributed by atoms with van der Waals surface area (Å²) in [6.07, 6.45) is 6.32. The van der Waals surface area contributed by atoms with Crippen LogP contribution in [0.15, 0.2) is 24.3 Å². The highest BCUT2D eigenvalue weighted by Gasteiger charge is 2.36. The average Bonchev–Trinajstić information content (AvgIpc) is 3.33. The van der Waals surface area contributed by atoms with Crippen molar-refractivity contribution < 1.29 is 9.59 Å². The van der Waals surface area contributed by atoms with Crippen LogP contribution in [0.3, 0.4) is 0 Å². The Hall–Kier alpha value is -1.49. The molecule has 2 aliphatic carbocycles. The zero-order valence-corrected chi connectivity index (χ0v) is 15.4. The number of aryl methyl sites for hydroxylation is 1. The molecule has 1 aromatic carbocycles. The van der Waals surface area contributed by atoms with Gasteiger partial charge in [0.15, 0.2) is 0 Å². The minimum atomic E-state index is -0.282. The van der Waals surface area contributed by atoms with Crippen molar-refractivity contribution in [1.29, 1.82) is 0 Å². The van der Waals surface area contributed by atoms with E-state index in [0.29, 0.717) is 24.1 Å². The van der Waals surface area contributed by atoms with Gasteiger partial charge < -0.3 is 10.2 Å². The zero-order valence-electron chi connectivity index (χ0n) is 14.6. The van der Waals surface area contributed by atoms with Crippen molar-refractivity contribution in [2.24, 2.45) is 5.92 Å². The molecule has 3 aliphatic rings. The van der Waals surface area contributed by atoms with E-state index in [9.17, 15) is 9.59 Å². The third-order valence-corrected chi connectivity index (χ3v) is 6.69. The molecular formula is C20H26N2O2S. The molecule has 1 saturated heterocycles. The van der Waals surface area contributed by atoms with Gasteiger partial charge in [0, 0.05) is 18.7 Å². The fraction of sp³-hybridized carbons (Fsp3) is 0.600. The smallest absolute Gasteiger partial charge is 0.243 e. The van der Waals surface area contributed by atoms with E-state index in [1.807, 2.05) is 4.90 Å². The van der Waals surface area contributed by atoms with Gasteiger partial charge in [-0.15, -0.1) is 11.8 Å². The molecule has 1 aromatic rings. The first-order valence-electron chi connectivity index (χ1n) is 9.45. The van der Waals surface area contributed by atoms with Gasteiger partial charge in [-0.1, -0.05) is 24.3 Å². The lowest BCUT2D eigenvalue weighted by Crippen LogP contribution is -2.48. The van der Waals surface area contributed by atoms with Gasteiger partial charge in [0.1, 0.15) is 6.04 Å². The maximum Gasteiger partial charge on any atom is 0.243 e. The summed E-state index contributed by atoms with van der Waals surface area (Å²) >= 11 is 1.69. The van der Waals surface area contributed by atoms with Crippen LogP contribution in [0.2, 0.25) is 0 Å². The maximum atomic E-state index is 12.9. The van der Waals surface area contributed by atoms with Gasteiger partial charge in [0.25, 0.3) is 0 Å². The van der Waals surface area contributed by atoms with Gasteiger partial charge in [-0.2, -0.15) is 0 Å². The molecular weight excluding hydrogens is 332 g/mol. The molecule has 2 fully saturated rings. The molecule has 1 N–H and O–H groups in total. The standard InChI is InChI=1S/C20H26N2O2S/c23-19(10-16-6-3-5-15-4-1-2-7-17(15)16)22-13-25-12-18(22)20(24)21-11-14-8-9-14/h1-2,4,7,14,16,18H,3,5-6,8-13H2,(H,21,24)/t16-,18+/m1/s1. The monoisotopic (exact) mass is 358 g/mol. The van der Waals surface area contributed by atoms with E-state index < -0.39 is 0 Å². The molecule has 1 heterocycles. The number of hydrogen-bond donors (Lipinski definition) is 1. The van der Waals surface area contributed by atoms with E-state index in [2.05, 4.69) is 29.6 Å². The molecule has 0 aromatic heterocycles. The number of carbonyl (C=O) groups is 2. The lowest BCUT2D eigenvalue weighted by atomic mass is 9.81. The Balaban J connectivity index is 1.39. The van der Waals surface area contributed by atoms with Crippen molar-refractivity contribution >= 4 is 23.6 Å². The normalized spacial score (nSPS) is 25.5. The highest BCUT2D eigenvalue weighted by Crippen LogP contribution is 2.35. The number of carbonyl (C=O) groups excluding carboxylic acids is 2. The fourth-order valence-corrected chi connectivity index (χ4v) is 5.17. The Labute approximate surface area is 153 Å². The Morgan fingerprint density at radius 3 is 2.88 bits per heavy atom. The van der Waals surface area contributed by atoms with E-state index in [-0.39, 0.29) is 17.9 Å². The lowest BCUT2D eigenvalue weighted by molar-refractivity contribution is -0.138. The molecule has 2 atom stereocenters. The predicted octanol–water partition coefficient (Wildman–Crippen LogP) is 2.92. The molecule has 1 saturated carbocycles. The number of nitrogens with one attached hydrogen (secondary N) is 1. The van der Waals surface area contributed by atoms with Gasteiger partial charge in [-0.25, -0.2) is 0 Å². The third-order valence-electron chi connectivity index (χ3n) is 5.68. The van der Waals surface area contributed by atoms with Crippen molar-refractivity contribution in [3.8, 4) is 0 Å². The number of rotatable bonds is 5. The second-order valence-corrected chi connectivity index (χ2v) is 8.56. The Kier molecular flexibility index (Phi) is 5.02. The lowest BCUT2D eigenvalue weighted by Gasteiger charge is -2.28. The first kappa shape index (κ1) is 17.0. The zero-order chi connectivity index (χ0) is 17.2. The molecule has 4 nitrogen and oxygen atoms in total. The first-order valence-corrected chi connectivity index (χ1v) is 10.6. The second kappa shape index (κ2) is 7.40. The molecule has 2 amide bonds. The summed E-state index contributed by atoms with van der Waals surface area (Å²) in [4.78, 5) is 27.2. The maximum absolute atomic E-state index is 12.9. The minimum Gasteiger partial charge on any atom is -0.354 e. The molecule has 4 rings (SSSR count). The van der Waals surface area contributed by atoms with Gasteiger partial charge in [-0.05, 0) is 55.1 Å². The number of benzene rings is 1. The van der Waals surface area contributed by atoms with Gasteiger partial charge in [-0.3, -0.25) is 9.59 Å². The van der Waals surface area contributed by atoms with Crippen LogP contribution in [-0.4, -0.2) is 40.9 Å². The van der Waals surface area contributed by atoms with Crippen molar-refractivity contribution in [3.63, 3.8) is 0 Å². The van der Waals surface area contributed by atoms with Gasteiger partial charge >= 0.3 is 0 Å². The van der Waals surface area contributed by atoms with Crippen molar-refractivity contribution in [2.75, 3.05) is 18.2 Å². The summed E-state index contributed by atoms with van der Waals surface area (Å²) in [6.45, 7) is 0.776. The molecule has 0 spiro atoms. The van der Waals surface area contributed by atoms with Crippen LogP contribution in [0.1, 0.15) is 49.1 Å². The molecule has 5 heteroatoms. The number of amides is 2. The van der Waals surface area contributed by atoms with Crippen LogP contribution in [-0.2, 0) is 16.0 Å². The van der Waals surface area contributed by atoms with E-state index in [1.165, 1.54) is 24.0 Å². The summed E-state index contributed by atoms with van der Waals surface area (Å²) in [5.74, 6) is 2.52. The average molecular weight is 359 g/mol. The number of hydrogen-bond acceptors (Lipinski definition) is 3. The molecule has 25 heavy (non-hydrogen) atoms. The topological polar surface area (TPSA) is 49.4 Å². The summed E-state index contributed by atoms with van der Waals surface area (Å²) in [5, 5.41) is 3.04. The van der Waals surface area contributed by atoms with Crippen LogP contribution < -0.4 is 5.32 Å². The van der Waals surface area contributed by atoms with Crippen LogP contribution in [0.5, 0.6) is 0 Å². The highest BCUT2D eigenvalue weighted by molar-refractivity contribution is 7.99. The Bertz CT molecular complexity index is 659. The predicted molar refractivity (Wildman–Crippen MR) is 100 cm³/mol. The van der Waals surface area contributed by atoms with Crippen LogP contribution in [0, 0.1) is 5.92 Å². The molecule has 1 aliphatic heterocycles. The SMILES string of the molecule is O=C(NCC1CC1)[C@@H]1CSCN1C(=O)C[C@H]1CCCc2ccccc21. The van der Waals surface area contributed by atoms with Crippen LogP contribution in [0.4, 0.5) is 0 Å². The van der Waals surface area contributed by atoms with Gasteiger partial charge in [0.05, 0.1) is 5.88 Å². The summed E-state index contributed by atoms with van der Waals surface area (Å²) in [7, 11) is 0. The minimum absolute atomic E-state index is 0.0364. The third kappa shape index (κ3) is 3.86. The Morgan fingerprint density at radius 2 is 2.04 bits per heavy atom. The van der Waals surface area contributed by atoms with Crippen LogP contribution >= 0.6 is 11.8 Å². The molecule has 0 radical (unpaired) electrons. The molecule has 0 bridgehead atoms. The van der Waals surface area contributed by atoms with Crippen molar-refractivity contribution in [1.82, 2.24) is 10.2 Å². The quantitative estimate of drug-likeness (QED) is 0.880. The van der Waals surface area contributed by atoms with Crippen LogP contribution in [0.25, 0.3) is 0 Å². The van der Waals surface area contributed by atoms with E-state index >= 15 is 0 Å². The molecule has 0 unspecified atom stereocenters. The van der Waals surface area contributed by atoms with E-state index in [0.717, 1.165) is 31.6 Å². The second-order valence-electron chi connectivity index (χ2n) is 7.56. The number of fused-ring (bicyclic) bond motifs is 1. The largest absolute Gasteiger partial charge is 0.354 e.